The Labute approximate surface area is 96.1 Å². The number of hydrogen-bond acceptors (Lipinski definition) is 4. The molecule has 0 saturated carbocycles. The molecule has 0 aliphatic heterocycles. The molecular formula is C11H19N3S. The monoisotopic (exact) mass is 225 g/mol. The van der Waals surface area contributed by atoms with Crippen molar-refractivity contribution in [3.8, 4) is 0 Å². The Kier molecular flexibility index (Phi) is 6.36. The molecule has 0 unspecified atom stereocenters. The third-order valence-corrected chi connectivity index (χ3v) is 3.06. The van der Waals surface area contributed by atoms with E-state index >= 15 is 0 Å². The van der Waals surface area contributed by atoms with Gasteiger partial charge >= 0.3 is 0 Å². The maximum Gasteiger partial charge on any atom is 0.138 e. The van der Waals surface area contributed by atoms with Crippen molar-refractivity contribution in [2.24, 2.45) is 0 Å². The Balaban J connectivity index is 2.42. The van der Waals surface area contributed by atoms with E-state index < -0.39 is 0 Å². The third-order valence-electron chi connectivity index (χ3n) is 1.90. The van der Waals surface area contributed by atoms with Crippen LogP contribution in [-0.4, -0.2) is 22.3 Å². The van der Waals surface area contributed by atoms with Crippen molar-refractivity contribution in [1.82, 2.24) is 15.3 Å². The zero-order valence-electron chi connectivity index (χ0n) is 9.49. The lowest BCUT2D eigenvalue weighted by molar-refractivity contribution is 0.704. The average molecular weight is 225 g/mol. The third kappa shape index (κ3) is 5.14. The summed E-state index contributed by atoms with van der Waals surface area (Å²) < 4.78 is 0. The molecule has 1 aromatic rings. The number of hydrogen-bond donors (Lipinski definition) is 1. The quantitative estimate of drug-likeness (QED) is 0.722. The van der Waals surface area contributed by atoms with Crippen LogP contribution in [0, 0.1) is 0 Å². The topological polar surface area (TPSA) is 37.8 Å². The highest BCUT2D eigenvalue weighted by atomic mass is 32.2. The number of nitrogens with zero attached hydrogens (tertiary/aromatic N) is 2. The van der Waals surface area contributed by atoms with Gasteiger partial charge in [0.05, 0.1) is 11.4 Å². The lowest BCUT2D eigenvalue weighted by Gasteiger charge is -2.03. The molecule has 0 spiro atoms. The van der Waals surface area contributed by atoms with Crippen LogP contribution in [0.2, 0.25) is 0 Å². The second-order valence-electron chi connectivity index (χ2n) is 3.30. The average Bonchev–Trinajstić information content (AvgIpc) is 2.27. The summed E-state index contributed by atoms with van der Waals surface area (Å²) in [4.78, 5) is 8.75. The summed E-state index contributed by atoms with van der Waals surface area (Å²) in [7, 11) is 0. The molecule has 0 atom stereocenters. The van der Waals surface area contributed by atoms with Crippen LogP contribution in [0.4, 0.5) is 0 Å². The van der Waals surface area contributed by atoms with Crippen molar-refractivity contribution in [2.45, 2.75) is 32.6 Å². The van der Waals surface area contributed by atoms with Gasteiger partial charge in [-0.3, -0.25) is 0 Å². The van der Waals surface area contributed by atoms with Gasteiger partial charge < -0.3 is 5.32 Å². The molecule has 3 nitrogen and oxygen atoms in total. The fourth-order valence-corrected chi connectivity index (χ4v) is 1.92. The standard InChI is InChI=1S/C11H19N3S/c1-3-7-15-9-11-13-6-5-10(14-11)8-12-4-2/h5-6,12H,3-4,7-9H2,1-2H3. The lowest BCUT2D eigenvalue weighted by atomic mass is 10.4. The lowest BCUT2D eigenvalue weighted by Crippen LogP contribution is -2.13. The molecule has 1 N–H and O–H groups in total. The first-order valence-electron chi connectivity index (χ1n) is 5.46. The largest absolute Gasteiger partial charge is 0.311 e. The predicted molar refractivity (Wildman–Crippen MR) is 65.9 cm³/mol. The molecule has 1 rings (SSSR count). The first-order valence-corrected chi connectivity index (χ1v) is 6.61. The normalized spacial score (nSPS) is 10.5. The van der Waals surface area contributed by atoms with Gasteiger partial charge in [-0.15, -0.1) is 0 Å². The predicted octanol–water partition coefficient (Wildman–Crippen LogP) is 2.23. The Hall–Kier alpha value is -0.610. The minimum atomic E-state index is 0.838. The minimum Gasteiger partial charge on any atom is -0.311 e. The number of aromatic nitrogens is 2. The van der Waals surface area contributed by atoms with E-state index in [1.807, 2.05) is 24.0 Å². The minimum absolute atomic E-state index is 0.838. The smallest absolute Gasteiger partial charge is 0.138 e. The molecule has 0 radical (unpaired) electrons. The van der Waals surface area contributed by atoms with Crippen molar-refractivity contribution in [3.63, 3.8) is 0 Å². The zero-order chi connectivity index (χ0) is 10.9. The molecule has 4 heteroatoms. The number of thioether (sulfide) groups is 1. The second-order valence-corrected chi connectivity index (χ2v) is 4.40. The van der Waals surface area contributed by atoms with Crippen molar-refractivity contribution in [2.75, 3.05) is 12.3 Å². The van der Waals surface area contributed by atoms with Crippen LogP contribution in [0.25, 0.3) is 0 Å². The van der Waals surface area contributed by atoms with Crippen molar-refractivity contribution in [3.05, 3.63) is 23.8 Å². The highest BCUT2D eigenvalue weighted by molar-refractivity contribution is 7.98. The first-order chi connectivity index (χ1) is 7.36. The fraction of sp³-hybridized carbons (Fsp3) is 0.636. The summed E-state index contributed by atoms with van der Waals surface area (Å²) in [5, 5.41) is 3.26. The van der Waals surface area contributed by atoms with Crippen LogP contribution in [0.1, 0.15) is 31.8 Å². The Bertz CT molecular complexity index is 278. The fourth-order valence-electron chi connectivity index (χ4n) is 1.17. The molecule has 84 valence electrons. The molecule has 0 amide bonds. The molecule has 1 heterocycles. The van der Waals surface area contributed by atoms with Gasteiger partial charge in [0.2, 0.25) is 0 Å². The molecule has 0 fully saturated rings. The first kappa shape index (κ1) is 12.5. The number of nitrogens with one attached hydrogen (secondary N) is 1. The number of rotatable bonds is 7. The summed E-state index contributed by atoms with van der Waals surface area (Å²) in [6, 6.07) is 1.97. The van der Waals surface area contributed by atoms with Crippen LogP contribution < -0.4 is 5.32 Å². The van der Waals surface area contributed by atoms with Crippen molar-refractivity contribution >= 4 is 11.8 Å². The maximum absolute atomic E-state index is 4.49. The van der Waals surface area contributed by atoms with Gasteiger partial charge in [-0.25, -0.2) is 9.97 Å². The molecule has 0 aliphatic carbocycles. The van der Waals surface area contributed by atoms with E-state index in [1.165, 1.54) is 12.2 Å². The van der Waals surface area contributed by atoms with E-state index in [9.17, 15) is 0 Å². The van der Waals surface area contributed by atoms with E-state index in [0.29, 0.717) is 0 Å². The van der Waals surface area contributed by atoms with Gasteiger partial charge in [-0.2, -0.15) is 11.8 Å². The summed E-state index contributed by atoms with van der Waals surface area (Å²) in [6.45, 7) is 6.10. The van der Waals surface area contributed by atoms with Crippen LogP contribution in [0.15, 0.2) is 12.3 Å². The SMILES string of the molecule is CCCSCc1nccc(CNCC)n1. The molecule has 0 bridgehead atoms. The van der Waals surface area contributed by atoms with E-state index in [1.54, 1.807) is 0 Å². The highest BCUT2D eigenvalue weighted by Crippen LogP contribution is 2.09. The van der Waals surface area contributed by atoms with E-state index in [0.717, 1.165) is 30.4 Å². The van der Waals surface area contributed by atoms with Gasteiger partial charge in [0.1, 0.15) is 5.82 Å². The van der Waals surface area contributed by atoms with E-state index in [4.69, 9.17) is 0 Å². The Morgan fingerprint density at radius 1 is 1.40 bits per heavy atom. The molecule has 0 aliphatic rings. The molecule has 15 heavy (non-hydrogen) atoms. The van der Waals surface area contributed by atoms with Gasteiger partial charge in [0.15, 0.2) is 0 Å². The summed E-state index contributed by atoms with van der Waals surface area (Å²) in [5.74, 6) is 3.05. The highest BCUT2D eigenvalue weighted by Gasteiger charge is 1.98. The Morgan fingerprint density at radius 3 is 3.00 bits per heavy atom. The van der Waals surface area contributed by atoms with Crippen molar-refractivity contribution < 1.29 is 0 Å². The van der Waals surface area contributed by atoms with Gasteiger partial charge in [-0.1, -0.05) is 13.8 Å². The molecule has 0 saturated heterocycles. The van der Waals surface area contributed by atoms with Gasteiger partial charge in [-0.05, 0) is 24.8 Å². The van der Waals surface area contributed by atoms with E-state index in [2.05, 4.69) is 29.1 Å². The molecular weight excluding hydrogens is 206 g/mol. The van der Waals surface area contributed by atoms with Gasteiger partial charge in [0, 0.05) is 12.7 Å². The summed E-state index contributed by atoms with van der Waals surface area (Å²) in [5.41, 5.74) is 1.08. The van der Waals surface area contributed by atoms with Crippen LogP contribution >= 0.6 is 11.8 Å². The molecule has 1 aromatic heterocycles. The summed E-state index contributed by atoms with van der Waals surface area (Å²) in [6.07, 6.45) is 3.06. The Morgan fingerprint density at radius 2 is 2.27 bits per heavy atom. The van der Waals surface area contributed by atoms with Crippen LogP contribution in [0.3, 0.4) is 0 Å². The summed E-state index contributed by atoms with van der Waals surface area (Å²) >= 11 is 1.89. The van der Waals surface area contributed by atoms with Gasteiger partial charge in [0.25, 0.3) is 0 Å². The van der Waals surface area contributed by atoms with Crippen molar-refractivity contribution in [1.29, 1.82) is 0 Å². The van der Waals surface area contributed by atoms with Crippen LogP contribution in [-0.2, 0) is 12.3 Å². The zero-order valence-corrected chi connectivity index (χ0v) is 10.3. The second kappa shape index (κ2) is 7.65. The van der Waals surface area contributed by atoms with Crippen LogP contribution in [0.5, 0.6) is 0 Å². The molecule has 0 aromatic carbocycles. The maximum atomic E-state index is 4.49. The van der Waals surface area contributed by atoms with E-state index in [-0.39, 0.29) is 0 Å².